The molecule has 0 nitrogen and oxygen atoms in total. The molecule has 0 bridgehead atoms. The number of halogens is 4. The van der Waals surface area contributed by atoms with Gasteiger partial charge in [-0.1, -0.05) is 107 Å². The molecular weight excluding hydrogens is 358 g/mol. The quantitative estimate of drug-likeness (QED) is 0.322. The van der Waals surface area contributed by atoms with Crippen molar-refractivity contribution in [3.63, 3.8) is 0 Å². The van der Waals surface area contributed by atoms with Crippen LogP contribution in [0.25, 0.3) is 22.3 Å². The SMILES string of the molecule is Clc1c(Cl)c(-c2ccccc2)c(Cl)c(-c2ccccc2)c1Cl. The van der Waals surface area contributed by atoms with Gasteiger partial charge < -0.3 is 0 Å². The number of benzene rings is 3. The molecule has 0 unspecified atom stereocenters. The van der Waals surface area contributed by atoms with Gasteiger partial charge in [0, 0.05) is 11.1 Å². The largest absolute Gasteiger partial charge is 0.0829 e. The van der Waals surface area contributed by atoms with E-state index in [-0.39, 0.29) is 0 Å². The topological polar surface area (TPSA) is 0 Å². The maximum Gasteiger partial charge on any atom is 0.0792 e. The van der Waals surface area contributed by atoms with Crippen molar-refractivity contribution < 1.29 is 0 Å². The summed E-state index contributed by atoms with van der Waals surface area (Å²) in [5.41, 5.74) is 3.18. The molecule has 0 fully saturated rings. The highest BCUT2D eigenvalue weighted by Gasteiger charge is 2.22. The number of hydrogen-bond acceptors (Lipinski definition) is 0. The Morgan fingerprint density at radius 1 is 0.409 bits per heavy atom. The molecule has 0 radical (unpaired) electrons. The molecule has 0 aromatic heterocycles. The van der Waals surface area contributed by atoms with E-state index in [0.717, 1.165) is 11.1 Å². The highest BCUT2D eigenvalue weighted by Crippen LogP contribution is 2.49. The van der Waals surface area contributed by atoms with Crippen LogP contribution in [0, 0.1) is 0 Å². The Labute approximate surface area is 149 Å². The van der Waals surface area contributed by atoms with Gasteiger partial charge in [-0.15, -0.1) is 0 Å². The van der Waals surface area contributed by atoms with Gasteiger partial charge in [-0.25, -0.2) is 0 Å². The second kappa shape index (κ2) is 6.52. The van der Waals surface area contributed by atoms with Crippen LogP contribution in [-0.2, 0) is 0 Å². The fourth-order valence-electron chi connectivity index (χ4n) is 2.35. The molecule has 4 heteroatoms. The van der Waals surface area contributed by atoms with Crippen molar-refractivity contribution in [1.29, 1.82) is 0 Å². The van der Waals surface area contributed by atoms with Crippen LogP contribution in [0.5, 0.6) is 0 Å². The maximum absolute atomic E-state index is 6.63. The zero-order valence-corrected chi connectivity index (χ0v) is 14.3. The van der Waals surface area contributed by atoms with Crippen molar-refractivity contribution in [2.24, 2.45) is 0 Å². The first-order valence-corrected chi connectivity index (χ1v) is 8.09. The van der Waals surface area contributed by atoms with Crippen LogP contribution >= 0.6 is 46.4 Å². The van der Waals surface area contributed by atoms with E-state index in [1.54, 1.807) is 0 Å². The molecule has 3 aromatic rings. The van der Waals surface area contributed by atoms with Gasteiger partial charge >= 0.3 is 0 Å². The zero-order chi connectivity index (χ0) is 15.7. The fourth-order valence-corrected chi connectivity index (χ4v) is 3.69. The van der Waals surface area contributed by atoms with Crippen LogP contribution < -0.4 is 0 Å². The molecule has 0 heterocycles. The lowest BCUT2D eigenvalue weighted by Gasteiger charge is -2.16. The van der Waals surface area contributed by atoms with E-state index in [2.05, 4.69) is 0 Å². The first-order valence-electron chi connectivity index (χ1n) is 6.58. The Balaban J connectivity index is 2.36. The van der Waals surface area contributed by atoms with Crippen LogP contribution in [-0.4, -0.2) is 0 Å². The van der Waals surface area contributed by atoms with E-state index in [4.69, 9.17) is 46.4 Å². The molecule has 0 atom stereocenters. The van der Waals surface area contributed by atoms with Gasteiger partial charge in [-0.2, -0.15) is 0 Å². The van der Waals surface area contributed by atoms with Gasteiger partial charge in [0.1, 0.15) is 0 Å². The van der Waals surface area contributed by atoms with Crippen LogP contribution in [0.2, 0.25) is 20.1 Å². The molecule has 0 aliphatic heterocycles. The van der Waals surface area contributed by atoms with E-state index >= 15 is 0 Å². The summed E-state index contributed by atoms with van der Waals surface area (Å²) in [5, 5.41) is 1.53. The molecule has 0 amide bonds. The lowest BCUT2D eigenvalue weighted by Crippen LogP contribution is -1.90. The Kier molecular flexibility index (Phi) is 4.65. The monoisotopic (exact) mass is 366 g/mol. The van der Waals surface area contributed by atoms with Crippen molar-refractivity contribution in [3.05, 3.63) is 80.8 Å². The molecule has 0 aliphatic rings. The van der Waals surface area contributed by atoms with E-state index in [1.807, 2.05) is 60.7 Å². The van der Waals surface area contributed by atoms with Crippen LogP contribution in [0.1, 0.15) is 0 Å². The molecule has 0 saturated carbocycles. The van der Waals surface area contributed by atoms with Crippen molar-refractivity contribution in [2.45, 2.75) is 0 Å². The third kappa shape index (κ3) is 2.73. The Hall–Kier alpha value is -1.18. The lowest BCUT2D eigenvalue weighted by molar-refractivity contribution is 1.58. The molecule has 110 valence electrons. The average Bonchev–Trinajstić information content (AvgIpc) is 2.55. The summed E-state index contributed by atoms with van der Waals surface area (Å²) in [6.45, 7) is 0. The minimum Gasteiger partial charge on any atom is -0.0829 e. The summed E-state index contributed by atoms with van der Waals surface area (Å²) in [6, 6.07) is 19.3. The molecule has 0 spiro atoms. The summed E-state index contributed by atoms with van der Waals surface area (Å²) in [6.07, 6.45) is 0. The molecule has 3 aromatic carbocycles. The second-order valence-electron chi connectivity index (χ2n) is 4.74. The lowest BCUT2D eigenvalue weighted by atomic mass is 9.98. The minimum atomic E-state index is 0.311. The maximum atomic E-state index is 6.63. The Morgan fingerprint density at radius 3 is 1.14 bits per heavy atom. The van der Waals surface area contributed by atoms with Gasteiger partial charge in [-0.05, 0) is 11.1 Å². The predicted octanol–water partition coefficient (Wildman–Crippen LogP) is 7.63. The predicted molar refractivity (Wildman–Crippen MR) is 97.4 cm³/mol. The summed E-state index contributed by atoms with van der Waals surface area (Å²) in [4.78, 5) is 0. The number of rotatable bonds is 2. The van der Waals surface area contributed by atoms with Gasteiger partial charge in [-0.3, -0.25) is 0 Å². The van der Waals surface area contributed by atoms with Gasteiger partial charge in [0.25, 0.3) is 0 Å². The van der Waals surface area contributed by atoms with Crippen molar-refractivity contribution in [2.75, 3.05) is 0 Å². The Bertz CT molecular complexity index is 745. The fraction of sp³-hybridized carbons (Fsp3) is 0. The molecule has 3 rings (SSSR count). The van der Waals surface area contributed by atoms with E-state index < -0.39 is 0 Å². The zero-order valence-electron chi connectivity index (χ0n) is 11.3. The molecule has 0 N–H and O–H groups in total. The number of hydrogen-bond donors (Lipinski definition) is 0. The summed E-state index contributed by atoms with van der Waals surface area (Å²) >= 11 is 25.8. The average molecular weight is 368 g/mol. The highest BCUT2D eigenvalue weighted by atomic mass is 35.5. The highest BCUT2D eigenvalue weighted by molar-refractivity contribution is 6.53. The molecule has 22 heavy (non-hydrogen) atoms. The van der Waals surface area contributed by atoms with Crippen molar-refractivity contribution in [1.82, 2.24) is 0 Å². The minimum absolute atomic E-state index is 0.311. The van der Waals surface area contributed by atoms with Gasteiger partial charge in [0.15, 0.2) is 0 Å². The van der Waals surface area contributed by atoms with Crippen LogP contribution in [0.4, 0.5) is 0 Å². The molecular formula is C18H10Cl4. The first kappa shape index (κ1) is 15.7. The molecule has 0 saturated heterocycles. The standard InChI is InChI=1S/C18H10Cl4/c19-15-13(11-7-3-1-4-8-11)16(20)18(22)17(21)14(15)12-9-5-2-6-10-12/h1-10H. The smallest absolute Gasteiger partial charge is 0.0792 e. The van der Waals surface area contributed by atoms with Crippen LogP contribution in [0.15, 0.2) is 60.7 Å². The van der Waals surface area contributed by atoms with E-state index in [0.29, 0.717) is 31.2 Å². The third-order valence-electron chi connectivity index (χ3n) is 3.39. The third-order valence-corrected chi connectivity index (χ3v) is 5.09. The van der Waals surface area contributed by atoms with Gasteiger partial charge in [0.2, 0.25) is 0 Å². The van der Waals surface area contributed by atoms with E-state index in [9.17, 15) is 0 Å². The van der Waals surface area contributed by atoms with Crippen molar-refractivity contribution >= 4 is 46.4 Å². The summed E-state index contributed by atoms with van der Waals surface area (Å²) in [5.74, 6) is 0. The van der Waals surface area contributed by atoms with Gasteiger partial charge in [0.05, 0.1) is 20.1 Å². The summed E-state index contributed by atoms with van der Waals surface area (Å²) < 4.78 is 0. The first-order chi connectivity index (χ1) is 10.6. The second-order valence-corrected chi connectivity index (χ2v) is 6.25. The Morgan fingerprint density at radius 2 is 0.773 bits per heavy atom. The van der Waals surface area contributed by atoms with Crippen molar-refractivity contribution in [3.8, 4) is 22.3 Å². The van der Waals surface area contributed by atoms with E-state index in [1.165, 1.54) is 0 Å². The molecule has 0 aliphatic carbocycles. The summed E-state index contributed by atoms with van der Waals surface area (Å²) in [7, 11) is 0. The van der Waals surface area contributed by atoms with Crippen LogP contribution in [0.3, 0.4) is 0 Å². The normalized spacial score (nSPS) is 10.7.